The molecule has 13 heavy (non-hydrogen) atoms. The molecule has 1 fully saturated rings. The Morgan fingerprint density at radius 2 is 1.54 bits per heavy atom. The third-order valence-corrected chi connectivity index (χ3v) is 3.04. The van der Waals surface area contributed by atoms with Gasteiger partial charge in [0, 0.05) is 5.54 Å². The van der Waals surface area contributed by atoms with E-state index in [0.717, 1.165) is 0 Å². The zero-order valence-corrected chi connectivity index (χ0v) is 10.4. The molecule has 0 spiro atoms. The van der Waals surface area contributed by atoms with Crippen LogP contribution in [0.4, 0.5) is 0 Å². The molecular formula is C8H21B4N. The van der Waals surface area contributed by atoms with Gasteiger partial charge in [0.25, 0.3) is 0 Å². The van der Waals surface area contributed by atoms with E-state index < -0.39 is 0 Å². The van der Waals surface area contributed by atoms with Crippen molar-refractivity contribution in [2.45, 2.75) is 43.3 Å². The molecule has 70 valence electrons. The van der Waals surface area contributed by atoms with Gasteiger partial charge in [-0.3, -0.25) is 0 Å². The van der Waals surface area contributed by atoms with Crippen LogP contribution >= 0.6 is 0 Å². The highest BCUT2D eigenvalue weighted by Gasteiger charge is 2.46. The largest absolute Gasteiger partial charge is 0.309 e. The van der Waals surface area contributed by atoms with Crippen molar-refractivity contribution in [2.24, 2.45) is 0 Å². The van der Waals surface area contributed by atoms with Gasteiger partial charge in [0.15, 0.2) is 0 Å². The molecule has 0 aromatic rings. The Morgan fingerprint density at radius 3 is 1.69 bits per heavy atom. The van der Waals surface area contributed by atoms with Gasteiger partial charge in [0.05, 0.1) is 0 Å². The van der Waals surface area contributed by atoms with E-state index in [0.29, 0.717) is 16.1 Å². The lowest BCUT2D eigenvalue weighted by molar-refractivity contribution is 0.137. The van der Waals surface area contributed by atoms with Crippen molar-refractivity contribution >= 4 is 31.4 Å². The molecule has 5 heteroatoms. The Morgan fingerprint density at radius 1 is 1.08 bits per heavy atom. The Hall–Kier alpha value is 0.220. The quantitative estimate of drug-likeness (QED) is 0.377. The molecule has 0 saturated carbocycles. The first-order chi connectivity index (χ1) is 5.55. The summed E-state index contributed by atoms with van der Waals surface area (Å²) < 4.78 is 0. The summed E-state index contributed by atoms with van der Waals surface area (Å²) in [5.74, 6) is 0. The molecule has 0 bridgehead atoms. The van der Waals surface area contributed by atoms with Crippen molar-refractivity contribution in [1.82, 2.24) is 4.90 Å². The van der Waals surface area contributed by atoms with E-state index in [1.807, 2.05) is 0 Å². The van der Waals surface area contributed by atoms with Crippen LogP contribution in [0.3, 0.4) is 0 Å². The summed E-state index contributed by atoms with van der Waals surface area (Å²) in [6.07, 6.45) is 1.30. The normalized spacial score (nSPS) is 27.6. The van der Waals surface area contributed by atoms with E-state index >= 15 is 0 Å². The summed E-state index contributed by atoms with van der Waals surface area (Å²) in [5.41, 5.74) is 0.303. The minimum atomic E-state index is 0.303. The summed E-state index contributed by atoms with van der Waals surface area (Å²) >= 11 is 0. The molecule has 1 saturated heterocycles. The molecule has 0 N–H and O–H groups in total. The van der Waals surface area contributed by atoms with E-state index in [4.69, 9.17) is 0 Å². The molecule has 1 heterocycles. The zero-order chi connectivity index (χ0) is 10.5. The van der Waals surface area contributed by atoms with Crippen LogP contribution in [0.2, 0.25) is 5.21 Å². The van der Waals surface area contributed by atoms with E-state index in [9.17, 15) is 0 Å². The predicted octanol–water partition coefficient (Wildman–Crippen LogP) is -2.21. The maximum Gasteiger partial charge on any atom is 0.117 e. The highest BCUT2D eigenvalue weighted by molar-refractivity contribution is 6.45. The molecule has 1 aliphatic heterocycles. The Balaban J connectivity index is 2.89. The fraction of sp³-hybridized carbons (Fsp3) is 1.00. The number of hydrogen-bond acceptors (Lipinski definition) is 1. The van der Waals surface area contributed by atoms with E-state index in [2.05, 4.69) is 57.1 Å². The lowest BCUT2D eigenvalue weighted by atomic mass is 9.47. The minimum Gasteiger partial charge on any atom is -0.309 e. The Bertz CT molecular complexity index is 207. The van der Waals surface area contributed by atoms with Crippen LogP contribution in [-0.4, -0.2) is 53.7 Å². The summed E-state index contributed by atoms with van der Waals surface area (Å²) in [4.78, 5) is 2.64. The maximum absolute atomic E-state index is 2.64. The molecule has 0 amide bonds. The van der Waals surface area contributed by atoms with Crippen molar-refractivity contribution in [3.05, 3.63) is 0 Å². The molecule has 0 aromatic carbocycles. The smallest absolute Gasteiger partial charge is 0.117 e. The summed E-state index contributed by atoms with van der Waals surface area (Å²) in [6.45, 7) is 8.17. The third kappa shape index (κ3) is 2.37. The number of likely N-dealkylation sites (tertiary alicyclic amines) is 1. The van der Waals surface area contributed by atoms with Gasteiger partial charge in [-0.05, 0) is 32.7 Å². The first-order valence-electron chi connectivity index (χ1n) is 5.32. The van der Waals surface area contributed by atoms with Crippen LogP contribution in [-0.2, 0) is 0 Å². The first kappa shape index (κ1) is 11.3. The van der Waals surface area contributed by atoms with E-state index in [1.54, 1.807) is 0 Å². The second kappa shape index (κ2) is 2.85. The van der Waals surface area contributed by atoms with Crippen LogP contribution in [0.1, 0.15) is 27.2 Å². The van der Waals surface area contributed by atoms with Gasteiger partial charge in [-0.15, -0.1) is 0 Å². The van der Waals surface area contributed by atoms with Crippen LogP contribution in [0.15, 0.2) is 0 Å². The fourth-order valence-corrected chi connectivity index (χ4v) is 3.11. The molecule has 1 nitrogen and oxygen atoms in total. The molecule has 0 radical (unpaired) electrons. The molecule has 1 rings (SSSR count). The molecule has 1 aliphatic rings. The van der Waals surface area contributed by atoms with Crippen molar-refractivity contribution in [2.75, 3.05) is 6.54 Å². The monoisotopic (exact) mass is 175 g/mol. The van der Waals surface area contributed by atoms with E-state index in [1.165, 1.54) is 13.0 Å². The first-order valence-corrected chi connectivity index (χ1v) is 5.32. The Labute approximate surface area is 86.7 Å². The van der Waals surface area contributed by atoms with Crippen LogP contribution in [0, 0.1) is 0 Å². The average molecular weight is 175 g/mol. The lowest BCUT2D eigenvalue weighted by Crippen LogP contribution is -2.54. The molecule has 0 atom stereocenters. The van der Waals surface area contributed by atoms with Crippen LogP contribution in [0.25, 0.3) is 0 Å². The highest BCUT2D eigenvalue weighted by Crippen LogP contribution is 2.42. The van der Waals surface area contributed by atoms with Gasteiger partial charge in [0.1, 0.15) is 31.4 Å². The topological polar surface area (TPSA) is 3.24 Å². The fourth-order valence-electron chi connectivity index (χ4n) is 3.11. The van der Waals surface area contributed by atoms with Crippen molar-refractivity contribution < 1.29 is 0 Å². The maximum atomic E-state index is 2.64. The van der Waals surface area contributed by atoms with Gasteiger partial charge in [-0.25, -0.2) is 0 Å². The second-order valence-corrected chi connectivity index (χ2v) is 6.91. The predicted molar refractivity (Wildman–Crippen MR) is 70.7 cm³/mol. The van der Waals surface area contributed by atoms with Gasteiger partial charge >= 0.3 is 0 Å². The second-order valence-electron chi connectivity index (χ2n) is 6.91. The van der Waals surface area contributed by atoms with Gasteiger partial charge in [0.2, 0.25) is 0 Å². The van der Waals surface area contributed by atoms with Crippen LogP contribution < -0.4 is 0 Å². The summed E-state index contributed by atoms with van der Waals surface area (Å²) in [7, 11) is 9.49. The third-order valence-electron chi connectivity index (χ3n) is 3.04. The van der Waals surface area contributed by atoms with Gasteiger partial charge < -0.3 is 4.90 Å². The summed E-state index contributed by atoms with van der Waals surface area (Å²) in [6, 6.07) is 0. The van der Waals surface area contributed by atoms with Gasteiger partial charge in [-0.1, -0.05) is 11.6 Å². The number of rotatable bonds is 0. The van der Waals surface area contributed by atoms with Gasteiger partial charge in [-0.2, -0.15) is 0 Å². The Kier molecular flexibility index (Phi) is 2.48. The SMILES string of the molecule is BC1(B)CN(C(C)(C)C)C(B)(B)C1. The van der Waals surface area contributed by atoms with E-state index in [-0.39, 0.29) is 0 Å². The standard InChI is InChI=1S/C8H21B4N/c1-6(2,3)13-5-7(9,10)4-8(13,11)12/h4-5,9-12H2,1-3H3. The van der Waals surface area contributed by atoms with Crippen molar-refractivity contribution in [1.29, 1.82) is 0 Å². The zero-order valence-electron chi connectivity index (χ0n) is 10.4. The molecule has 0 aromatic heterocycles. The number of hydrogen-bond donors (Lipinski definition) is 0. The van der Waals surface area contributed by atoms with Crippen molar-refractivity contribution in [3.8, 4) is 0 Å². The number of nitrogens with zero attached hydrogens (tertiary/aromatic N) is 1. The average Bonchev–Trinajstić information content (AvgIpc) is 1.97. The summed E-state index contributed by atoms with van der Waals surface area (Å²) in [5, 5.41) is 0.846. The molecule has 0 aliphatic carbocycles. The van der Waals surface area contributed by atoms with Crippen LogP contribution in [0.5, 0.6) is 0 Å². The molecule has 0 unspecified atom stereocenters. The molecular weight excluding hydrogens is 153 g/mol. The van der Waals surface area contributed by atoms with Crippen molar-refractivity contribution in [3.63, 3.8) is 0 Å². The minimum absolute atomic E-state index is 0.303. The lowest BCUT2D eigenvalue weighted by Gasteiger charge is -2.42. The highest BCUT2D eigenvalue weighted by atomic mass is 15.2.